The lowest BCUT2D eigenvalue weighted by Crippen LogP contribution is -1.90. The Morgan fingerprint density at radius 3 is 2.68 bits per heavy atom. The van der Waals surface area contributed by atoms with Gasteiger partial charge in [-0.05, 0) is 58.1 Å². The number of benzene rings is 2. The number of nitrogens with zero attached hydrogens (tertiary/aromatic N) is 1. The van der Waals surface area contributed by atoms with Gasteiger partial charge in [0.15, 0.2) is 0 Å². The molecule has 1 unspecified atom stereocenters. The topological polar surface area (TPSA) is 52.8 Å². The van der Waals surface area contributed by atoms with Crippen molar-refractivity contribution < 1.29 is 10.2 Å². The Balaban J connectivity index is 2.38. The molecule has 2 N–H and O–H groups in total. The van der Waals surface area contributed by atoms with Crippen LogP contribution in [0.3, 0.4) is 0 Å². The minimum Gasteiger partial charge on any atom is -0.506 e. The molecule has 0 bridgehead atoms. The summed E-state index contributed by atoms with van der Waals surface area (Å²) in [7, 11) is 0. The molecule has 5 heteroatoms. The molecule has 0 saturated heterocycles. The quantitative estimate of drug-likeness (QED) is 0.659. The van der Waals surface area contributed by atoms with Gasteiger partial charge in [-0.2, -0.15) is 0 Å². The van der Waals surface area contributed by atoms with Crippen molar-refractivity contribution in [3.05, 3.63) is 51.0 Å². The number of phenols is 2. The molecule has 116 valence electrons. The second-order valence-electron chi connectivity index (χ2n) is 5.14. The molecule has 2 aromatic carbocycles. The number of phenolic OH excluding ortho intramolecular Hbond substituents is 2. The molecule has 0 aromatic heterocycles. The Kier molecular flexibility index (Phi) is 5.48. The third-order valence-corrected chi connectivity index (χ3v) is 4.40. The first kappa shape index (κ1) is 16.8. The van der Waals surface area contributed by atoms with Crippen LogP contribution in [0.25, 0.3) is 0 Å². The van der Waals surface area contributed by atoms with Gasteiger partial charge in [0.25, 0.3) is 0 Å². The summed E-state index contributed by atoms with van der Waals surface area (Å²) in [4.78, 5) is 4.28. The van der Waals surface area contributed by atoms with E-state index in [2.05, 4.69) is 34.8 Å². The van der Waals surface area contributed by atoms with Crippen molar-refractivity contribution in [1.29, 1.82) is 0 Å². The first-order valence-corrected chi connectivity index (χ1v) is 8.14. The van der Waals surface area contributed by atoms with Crippen molar-refractivity contribution in [1.82, 2.24) is 0 Å². The summed E-state index contributed by atoms with van der Waals surface area (Å²) in [6, 6.07) is 8.62. The molecule has 2 aromatic rings. The van der Waals surface area contributed by atoms with Crippen LogP contribution in [0.2, 0.25) is 5.02 Å². The van der Waals surface area contributed by atoms with Gasteiger partial charge in [0.1, 0.15) is 17.2 Å². The highest BCUT2D eigenvalue weighted by atomic mass is 79.9. The summed E-state index contributed by atoms with van der Waals surface area (Å²) in [5.74, 6) is 0.554. The van der Waals surface area contributed by atoms with Crippen molar-refractivity contribution in [2.75, 3.05) is 0 Å². The third kappa shape index (κ3) is 3.81. The SMILES string of the molecule is CCC(C)c1ccc(O)c(N=Cc2cc(Cl)cc(Br)c2O)c1. The lowest BCUT2D eigenvalue weighted by atomic mass is 9.98. The van der Waals surface area contributed by atoms with Gasteiger partial charge in [-0.25, -0.2) is 0 Å². The normalized spacial score (nSPS) is 12.7. The fourth-order valence-corrected chi connectivity index (χ4v) is 2.84. The van der Waals surface area contributed by atoms with Gasteiger partial charge in [-0.15, -0.1) is 0 Å². The van der Waals surface area contributed by atoms with Crippen molar-refractivity contribution in [3.63, 3.8) is 0 Å². The molecule has 0 aliphatic heterocycles. The summed E-state index contributed by atoms with van der Waals surface area (Å²) in [6.45, 7) is 4.24. The lowest BCUT2D eigenvalue weighted by Gasteiger charge is -2.10. The Morgan fingerprint density at radius 2 is 2.00 bits per heavy atom. The number of aliphatic imine (C=N–C) groups is 1. The first-order valence-electron chi connectivity index (χ1n) is 6.97. The zero-order chi connectivity index (χ0) is 16.3. The fraction of sp³-hybridized carbons (Fsp3) is 0.235. The minimum atomic E-state index is 0.0609. The monoisotopic (exact) mass is 381 g/mol. The average Bonchev–Trinajstić information content (AvgIpc) is 2.50. The predicted molar refractivity (Wildman–Crippen MR) is 94.9 cm³/mol. The van der Waals surface area contributed by atoms with Crippen LogP contribution in [-0.4, -0.2) is 16.4 Å². The Morgan fingerprint density at radius 1 is 1.27 bits per heavy atom. The van der Waals surface area contributed by atoms with Crippen LogP contribution >= 0.6 is 27.5 Å². The average molecular weight is 383 g/mol. The number of halogens is 2. The smallest absolute Gasteiger partial charge is 0.141 e. The molecule has 0 spiro atoms. The van der Waals surface area contributed by atoms with Crippen LogP contribution in [0, 0.1) is 0 Å². The maximum absolute atomic E-state index is 9.99. The van der Waals surface area contributed by atoms with Crippen molar-refractivity contribution >= 4 is 39.4 Å². The molecule has 22 heavy (non-hydrogen) atoms. The molecule has 0 amide bonds. The Hall–Kier alpha value is -1.52. The van der Waals surface area contributed by atoms with Gasteiger partial charge in [0.2, 0.25) is 0 Å². The van der Waals surface area contributed by atoms with Gasteiger partial charge >= 0.3 is 0 Å². The molecule has 0 radical (unpaired) electrons. The van der Waals surface area contributed by atoms with Crippen LogP contribution in [0.15, 0.2) is 39.8 Å². The van der Waals surface area contributed by atoms with Crippen LogP contribution in [0.5, 0.6) is 11.5 Å². The van der Waals surface area contributed by atoms with E-state index in [1.807, 2.05) is 12.1 Å². The lowest BCUT2D eigenvalue weighted by molar-refractivity contribution is 0.471. The highest BCUT2D eigenvalue weighted by molar-refractivity contribution is 9.10. The van der Waals surface area contributed by atoms with Crippen molar-refractivity contribution in [2.24, 2.45) is 4.99 Å². The van der Waals surface area contributed by atoms with Gasteiger partial charge in [-0.1, -0.05) is 31.5 Å². The number of rotatable bonds is 4. The largest absolute Gasteiger partial charge is 0.506 e. The molecular formula is C17H17BrClNO2. The minimum absolute atomic E-state index is 0.0609. The molecule has 0 fully saturated rings. The first-order chi connectivity index (χ1) is 10.4. The fourth-order valence-electron chi connectivity index (χ4n) is 2.01. The van der Waals surface area contributed by atoms with Crippen LogP contribution < -0.4 is 0 Å². The summed E-state index contributed by atoms with van der Waals surface area (Å²) >= 11 is 9.20. The molecule has 0 aliphatic rings. The highest BCUT2D eigenvalue weighted by Gasteiger charge is 2.08. The number of hydrogen-bond donors (Lipinski definition) is 2. The predicted octanol–water partition coefficient (Wildman–Crippen LogP) is 5.78. The maximum atomic E-state index is 9.99. The van der Waals surface area contributed by atoms with E-state index in [4.69, 9.17) is 11.6 Å². The van der Waals surface area contributed by atoms with Crippen molar-refractivity contribution in [3.8, 4) is 11.5 Å². The van der Waals surface area contributed by atoms with E-state index in [1.165, 1.54) is 6.21 Å². The highest BCUT2D eigenvalue weighted by Crippen LogP contribution is 2.33. The second-order valence-corrected chi connectivity index (χ2v) is 6.43. The van der Waals surface area contributed by atoms with E-state index in [9.17, 15) is 10.2 Å². The zero-order valence-corrected chi connectivity index (χ0v) is 14.7. The molecular weight excluding hydrogens is 366 g/mol. The summed E-state index contributed by atoms with van der Waals surface area (Å²) in [5.41, 5.74) is 2.06. The zero-order valence-electron chi connectivity index (χ0n) is 12.3. The van der Waals surface area contributed by atoms with Crippen molar-refractivity contribution in [2.45, 2.75) is 26.2 Å². The summed E-state index contributed by atoms with van der Waals surface area (Å²) < 4.78 is 0.499. The molecule has 1 atom stereocenters. The van der Waals surface area contributed by atoms with Gasteiger partial charge in [0.05, 0.1) is 4.47 Å². The molecule has 3 nitrogen and oxygen atoms in total. The standard InChI is InChI=1S/C17H17BrClNO2/c1-3-10(2)11-4-5-16(21)15(7-11)20-9-12-6-13(19)8-14(18)17(12)22/h4-10,21-22H,3H2,1-2H3. The summed E-state index contributed by atoms with van der Waals surface area (Å²) in [5, 5.41) is 20.4. The van der Waals surface area contributed by atoms with Crippen LogP contribution in [0.1, 0.15) is 37.3 Å². The molecule has 2 rings (SSSR count). The van der Waals surface area contributed by atoms with Crippen LogP contribution in [0.4, 0.5) is 5.69 Å². The third-order valence-electron chi connectivity index (χ3n) is 3.58. The van der Waals surface area contributed by atoms with Gasteiger partial charge < -0.3 is 10.2 Å². The van der Waals surface area contributed by atoms with Gasteiger partial charge in [0, 0.05) is 16.8 Å². The second kappa shape index (κ2) is 7.16. The number of hydrogen-bond acceptors (Lipinski definition) is 3. The van der Waals surface area contributed by atoms with Gasteiger partial charge in [-0.3, -0.25) is 4.99 Å². The van der Waals surface area contributed by atoms with E-state index in [1.54, 1.807) is 18.2 Å². The Bertz CT molecular complexity index is 716. The molecule has 0 aliphatic carbocycles. The van der Waals surface area contributed by atoms with E-state index in [-0.39, 0.29) is 11.5 Å². The Labute approximate surface area is 143 Å². The summed E-state index contributed by atoms with van der Waals surface area (Å²) in [6.07, 6.45) is 2.50. The number of aromatic hydroxyl groups is 2. The van der Waals surface area contributed by atoms with E-state index < -0.39 is 0 Å². The van der Waals surface area contributed by atoms with Crippen LogP contribution in [-0.2, 0) is 0 Å². The van der Waals surface area contributed by atoms with E-state index in [0.29, 0.717) is 26.7 Å². The van der Waals surface area contributed by atoms with E-state index >= 15 is 0 Å². The van der Waals surface area contributed by atoms with E-state index in [0.717, 1.165) is 12.0 Å². The molecule has 0 heterocycles. The molecule has 0 saturated carbocycles. The maximum Gasteiger partial charge on any atom is 0.141 e.